The van der Waals surface area contributed by atoms with Crippen molar-refractivity contribution in [2.45, 2.75) is 51.9 Å². The second-order valence-corrected chi connectivity index (χ2v) is 6.43. The maximum Gasteiger partial charge on any atom is 0.195 e. The van der Waals surface area contributed by atoms with E-state index in [1.807, 2.05) is 6.07 Å². The standard InChI is InChI=1S/C19H21F3/c1-2-3-4-5-12-6-7-13-10-16-15(9-14(13)8-12)11-17(20)19(22)18(16)21/h9-12H,2-8H2,1H3. The van der Waals surface area contributed by atoms with E-state index in [-0.39, 0.29) is 5.39 Å². The minimum atomic E-state index is -1.37. The van der Waals surface area contributed by atoms with Gasteiger partial charge in [0.1, 0.15) is 0 Å². The molecule has 1 aliphatic carbocycles. The van der Waals surface area contributed by atoms with Crippen LogP contribution >= 0.6 is 0 Å². The molecule has 0 saturated carbocycles. The molecule has 0 N–H and O–H groups in total. The maximum absolute atomic E-state index is 13.9. The molecule has 2 aromatic carbocycles. The number of hydrogen-bond donors (Lipinski definition) is 0. The first kappa shape index (κ1) is 15.4. The Balaban J connectivity index is 1.90. The van der Waals surface area contributed by atoms with E-state index in [0.717, 1.165) is 30.9 Å². The van der Waals surface area contributed by atoms with Gasteiger partial charge in [-0.25, -0.2) is 13.2 Å². The van der Waals surface area contributed by atoms with Gasteiger partial charge in [0.05, 0.1) is 0 Å². The van der Waals surface area contributed by atoms with Crippen molar-refractivity contribution in [2.75, 3.05) is 0 Å². The van der Waals surface area contributed by atoms with Gasteiger partial charge in [-0.3, -0.25) is 0 Å². The minimum Gasteiger partial charge on any atom is -0.204 e. The molecule has 0 fully saturated rings. The summed E-state index contributed by atoms with van der Waals surface area (Å²) in [5, 5.41) is 0.659. The Morgan fingerprint density at radius 3 is 2.59 bits per heavy atom. The molecule has 3 rings (SSSR count). The summed E-state index contributed by atoms with van der Waals surface area (Å²) in [6.07, 6.45) is 7.93. The number of aryl methyl sites for hydroxylation is 1. The molecule has 2 aromatic rings. The van der Waals surface area contributed by atoms with Crippen molar-refractivity contribution in [3.05, 3.63) is 46.8 Å². The van der Waals surface area contributed by atoms with Crippen LogP contribution in [0.5, 0.6) is 0 Å². The molecule has 0 nitrogen and oxygen atoms in total. The lowest BCUT2D eigenvalue weighted by Crippen LogP contribution is -2.14. The van der Waals surface area contributed by atoms with Crippen LogP contribution in [-0.2, 0) is 12.8 Å². The van der Waals surface area contributed by atoms with E-state index in [2.05, 4.69) is 6.92 Å². The highest BCUT2D eigenvalue weighted by atomic mass is 19.2. The SMILES string of the molecule is CCCCCC1CCc2cc3c(F)c(F)c(F)cc3cc2C1. The zero-order valence-corrected chi connectivity index (χ0v) is 12.9. The Labute approximate surface area is 129 Å². The summed E-state index contributed by atoms with van der Waals surface area (Å²) in [4.78, 5) is 0. The average molecular weight is 306 g/mol. The quantitative estimate of drug-likeness (QED) is 0.484. The van der Waals surface area contributed by atoms with Crippen LogP contribution in [0.3, 0.4) is 0 Å². The molecule has 0 heterocycles. The normalized spacial score (nSPS) is 17.7. The first-order chi connectivity index (χ1) is 10.6. The van der Waals surface area contributed by atoms with Gasteiger partial charge < -0.3 is 0 Å². The smallest absolute Gasteiger partial charge is 0.195 e. The molecule has 3 heteroatoms. The van der Waals surface area contributed by atoms with Crippen LogP contribution in [0.4, 0.5) is 13.2 Å². The van der Waals surface area contributed by atoms with Crippen molar-refractivity contribution in [3.8, 4) is 0 Å². The molecule has 0 saturated heterocycles. The van der Waals surface area contributed by atoms with E-state index in [1.54, 1.807) is 6.07 Å². The van der Waals surface area contributed by atoms with E-state index in [0.29, 0.717) is 11.3 Å². The zero-order chi connectivity index (χ0) is 15.7. The third-order valence-electron chi connectivity index (χ3n) is 4.84. The van der Waals surface area contributed by atoms with Crippen LogP contribution < -0.4 is 0 Å². The van der Waals surface area contributed by atoms with Gasteiger partial charge in [0.15, 0.2) is 17.5 Å². The first-order valence-electron chi connectivity index (χ1n) is 8.19. The number of halogens is 3. The number of benzene rings is 2. The lowest BCUT2D eigenvalue weighted by atomic mass is 9.80. The summed E-state index contributed by atoms with van der Waals surface area (Å²) >= 11 is 0. The summed E-state index contributed by atoms with van der Waals surface area (Å²) in [6, 6.07) is 4.67. The number of fused-ring (bicyclic) bond motifs is 2. The molecular weight excluding hydrogens is 285 g/mol. The average Bonchev–Trinajstić information content (AvgIpc) is 2.51. The van der Waals surface area contributed by atoms with E-state index in [9.17, 15) is 13.2 Å². The molecular formula is C19H21F3. The van der Waals surface area contributed by atoms with Crippen LogP contribution in [-0.4, -0.2) is 0 Å². The molecule has 0 radical (unpaired) electrons. The monoisotopic (exact) mass is 306 g/mol. The Bertz CT molecular complexity index is 691. The predicted octanol–water partition coefficient (Wildman–Crippen LogP) is 5.94. The molecule has 118 valence electrons. The summed E-state index contributed by atoms with van der Waals surface area (Å²) in [5.74, 6) is -2.89. The van der Waals surface area contributed by atoms with Gasteiger partial charge in [-0.2, -0.15) is 0 Å². The van der Waals surface area contributed by atoms with Crippen molar-refractivity contribution in [1.29, 1.82) is 0 Å². The topological polar surface area (TPSA) is 0 Å². The van der Waals surface area contributed by atoms with Gasteiger partial charge in [-0.1, -0.05) is 38.7 Å². The summed E-state index contributed by atoms with van der Waals surface area (Å²) in [5.41, 5.74) is 2.26. The molecule has 0 spiro atoms. The van der Waals surface area contributed by atoms with E-state index >= 15 is 0 Å². The van der Waals surface area contributed by atoms with Gasteiger partial charge in [-0.15, -0.1) is 0 Å². The molecule has 1 unspecified atom stereocenters. The van der Waals surface area contributed by atoms with Crippen LogP contribution in [0.25, 0.3) is 10.8 Å². The molecule has 1 atom stereocenters. The van der Waals surface area contributed by atoms with Gasteiger partial charge in [0.25, 0.3) is 0 Å². The third kappa shape index (κ3) is 2.86. The van der Waals surface area contributed by atoms with Gasteiger partial charge >= 0.3 is 0 Å². The van der Waals surface area contributed by atoms with Gasteiger partial charge in [0.2, 0.25) is 0 Å². The van der Waals surface area contributed by atoms with Crippen molar-refractivity contribution < 1.29 is 13.2 Å². The van der Waals surface area contributed by atoms with Gasteiger partial charge in [0, 0.05) is 5.39 Å². The van der Waals surface area contributed by atoms with E-state index in [1.165, 1.54) is 31.2 Å². The fraction of sp³-hybridized carbons (Fsp3) is 0.474. The highest BCUT2D eigenvalue weighted by molar-refractivity contribution is 5.85. The highest BCUT2D eigenvalue weighted by Gasteiger charge is 2.21. The minimum absolute atomic E-state index is 0.196. The Morgan fingerprint density at radius 1 is 1.00 bits per heavy atom. The van der Waals surface area contributed by atoms with Crippen LogP contribution in [0.15, 0.2) is 18.2 Å². The maximum atomic E-state index is 13.9. The van der Waals surface area contributed by atoms with Crippen LogP contribution in [0.1, 0.15) is 50.2 Å². The van der Waals surface area contributed by atoms with Crippen molar-refractivity contribution in [3.63, 3.8) is 0 Å². The molecule has 0 bridgehead atoms. The second-order valence-electron chi connectivity index (χ2n) is 6.43. The Morgan fingerprint density at radius 2 is 1.82 bits per heavy atom. The third-order valence-corrected chi connectivity index (χ3v) is 4.84. The number of rotatable bonds is 4. The lowest BCUT2D eigenvalue weighted by molar-refractivity contribution is 0.408. The highest BCUT2D eigenvalue weighted by Crippen LogP contribution is 2.33. The second kappa shape index (κ2) is 6.31. The molecule has 22 heavy (non-hydrogen) atoms. The van der Waals surface area contributed by atoms with E-state index < -0.39 is 17.5 Å². The summed E-state index contributed by atoms with van der Waals surface area (Å²) < 4.78 is 40.7. The summed E-state index contributed by atoms with van der Waals surface area (Å²) in [6.45, 7) is 2.20. The van der Waals surface area contributed by atoms with E-state index in [4.69, 9.17) is 0 Å². The Kier molecular flexibility index (Phi) is 4.42. The first-order valence-corrected chi connectivity index (χ1v) is 8.19. The molecule has 1 aliphatic rings. The molecule has 0 aliphatic heterocycles. The summed E-state index contributed by atoms with van der Waals surface area (Å²) in [7, 11) is 0. The van der Waals surface area contributed by atoms with Gasteiger partial charge in [-0.05, 0) is 53.8 Å². The fourth-order valence-corrected chi connectivity index (χ4v) is 3.57. The number of hydrogen-bond acceptors (Lipinski definition) is 0. The molecule has 0 aromatic heterocycles. The predicted molar refractivity (Wildman–Crippen MR) is 83.5 cm³/mol. The fourth-order valence-electron chi connectivity index (χ4n) is 3.57. The zero-order valence-electron chi connectivity index (χ0n) is 12.9. The van der Waals surface area contributed by atoms with Crippen molar-refractivity contribution >= 4 is 10.8 Å². The molecule has 0 amide bonds. The Hall–Kier alpha value is -1.51. The van der Waals surface area contributed by atoms with Crippen molar-refractivity contribution in [1.82, 2.24) is 0 Å². The number of unbranched alkanes of at least 4 members (excludes halogenated alkanes) is 2. The van der Waals surface area contributed by atoms with Crippen LogP contribution in [0, 0.1) is 23.4 Å². The lowest BCUT2D eigenvalue weighted by Gasteiger charge is -2.25. The van der Waals surface area contributed by atoms with Crippen LogP contribution in [0.2, 0.25) is 0 Å². The van der Waals surface area contributed by atoms with Crippen molar-refractivity contribution in [2.24, 2.45) is 5.92 Å². The largest absolute Gasteiger partial charge is 0.204 e.